The van der Waals surface area contributed by atoms with Crippen LogP contribution in [-0.2, 0) is 0 Å². The highest BCUT2D eigenvalue weighted by Crippen LogP contribution is 2.33. The number of rotatable bonds is 8. The van der Waals surface area contributed by atoms with Crippen molar-refractivity contribution in [1.82, 2.24) is 4.90 Å². The van der Waals surface area contributed by atoms with Crippen LogP contribution in [0.3, 0.4) is 0 Å². The van der Waals surface area contributed by atoms with Gasteiger partial charge in [0.05, 0.1) is 10.0 Å². The van der Waals surface area contributed by atoms with Gasteiger partial charge in [0, 0.05) is 19.1 Å². The smallest absolute Gasteiger partial charge is 0.0640 e. The molecule has 1 unspecified atom stereocenters. The third kappa shape index (κ3) is 4.36. The molecule has 4 heteroatoms. The molecular formula is C16H26Cl2N2. The molecule has 0 spiro atoms. The van der Waals surface area contributed by atoms with Crippen molar-refractivity contribution in [3.05, 3.63) is 33.8 Å². The van der Waals surface area contributed by atoms with Crippen LogP contribution in [0.25, 0.3) is 0 Å². The van der Waals surface area contributed by atoms with E-state index in [-0.39, 0.29) is 6.04 Å². The van der Waals surface area contributed by atoms with E-state index in [2.05, 4.69) is 25.7 Å². The lowest BCUT2D eigenvalue weighted by molar-refractivity contribution is 0.174. The maximum atomic E-state index is 6.36. The molecule has 1 atom stereocenters. The molecule has 0 saturated heterocycles. The lowest BCUT2D eigenvalue weighted by Gasteiger charge is -2.33. The molecule has 0 radical (unpaired) electrons. The van der Waals surface area contributed by atoms with Crippen LogP contribution in [0.15, 0.2) is 18.2 Å². The van der Waals surface area contributed by atoms with Crippen LogP contribution in [0.1, 0.15) is 45.2 Å². The standard InChI is InChI=1S/C16H26Cl2N2/c1-4-12(5-2)11-20(6-3)15(10-19)13-8-7-9-14(17)16(13)18/h7-9,12,15H,4-6,10-11,19H2,1-3H3. The highest BCUT2D eigenvalue weighted by atomic mass is 35.5. The fourth-order valence-corrected chi connectivity index (χ4v) is 3.04. The first kappa shape index (κ1) is 17.8. The second-order valence-corrected chi connectivity index (χ2v) is 5.95. The van der Waals surface area contributed by atoms with Crippen LogP contribution in [0.4, 0.5) is 0 Å². The Bertz CT molecular complexity index is 405. The van der Waals surface area contributed by atoms with Crippen LogP contribution < -0.4 is 5.73 Å². The molecule has 0 aliphatic heterocycles. The molecule has 1 aromatic rings. The van der Waals surface area contributed by atoms with Gasteiger partial charge in [0.2, 0.25) is 0 Å². The van der Waals surface area contributed by atoms with Crippen molar-refractivity contribution in [2.45, 2.75) is 39.7 Å². The van der Waals surface area contributed by atoms with E-state index in [1.54, 1.807) is 0 Å². The van der Waals surface area contributed by atoms with E-state index in [9.17, 15) is 0 Å². The van der Waals surface area contributed by atoms with Crippen molar-refractivity contribution in [1.29, 1.82) is 0 Å². The highest BCUT2D eigenvalue weighted by Gasteiger charge is 2.22. The van der Waals surface area contributed by atoms with Crippen molar-refractivity contribution in [3.8, 4) is 0 Å². The van der Waals surface area contributed by atoms with E-state index in [0.717, 1.165) is 18.7 Å². The summed E-state index contributed by atoms with van der Waals surface area (Å²) in [6.07, 6.45) is 2.38. The lowest BCUT2D eigenvalue weighted by atomic mass is 9.99. The Morgan fingerprint density at radius 1 is 1.15 bits per heavy atom. The fraction of sp³-hybridized carbons (Fsp3) is 0.625. The molecule has 0 aliphatic rings. The van der Waals surface area contributed by atoms with E-state index >= 15 is 0 Å². The zero-order chi connectivity index (χ0) is 15.1. The Kier molecular flexibility index (Phi) is 7.90. The molecular weight excluding hydrogens is 291 g/mol. The summed E-state index contributed by atoms with van der Waals surface area (Å²) >= 11 is 12.5. The zero-order valence-electron chi connectivity index (χ0n) is 12.7. The second-order valence-electron chi connectivity index (χ2n) is 5.16. The summed E-state index contributed by atoms with van der Waals surface area (Å²) in [6.45, 7) is 9.21. The molecule has 0 fully saturated rings. The summed E-state index contributed by atoms with van der Waals surface area (Å²) in [4.78, 5) is 2.41. The van der Waals surface area contributed by atoms with Gasteiger partial charge in [0.15, 0.2) is 0 Å². The molecule has 0 bridgehead atoms. The van der Waals surface area contributed by atoms with E-state index in [1.807, 2.05) is 18.2 Å². The molecule has 1 rings (SSSR count). The summed E-state index contributed by atoms with van der Waals surface area (Å²) < 4.78 is 0. The number of nitrogens with zero attached hydrogens (tertiary/aromatic N) is 1. The maximum absolute atomic E-state index is 6.36. The second kappa shape index (κ2) is 8.89. The topological polar surface area (TPSA) is 29.3 Å². The van der Waals surface area contributed by atoms with Crippen LogP contribution in [0, 0.1) is 5.92 Å². The third-order valence-electron chi connectivity index (χ3n) is 4.06. The molecule has 0 amide bonds. The number of nitrogens with two attached hydrogens (primary N) is 1. The first-order valence-corrected chi connectivity index (χ1v) is 8.22. The maximum Gasteiger partial charge on any atom is 0.0640 e. The number of hydrogen-bond acceptors (Lipinski definition) is 2. The van der Waals surface area contributed by atoms with E-state index in [4.69, 9.17) is 28.9 Å². The minimum Gasteiger partial charge on any atom is -0.329 e. The van der Waals surface area contributed by atoms with Gasteiger partial charge in [-0.05, 0) is 24.1 Å². The Hall–Kier alpha value is -0.280. The summed E-state index contributed by atoms with van der Waals surface area (Å²) in [5, 5.41) is 1.23. The Morgan fingerprint density at radius 2 is 1.80 bits per heavy atom. The Morgan fingerprint density at radius 3 is 2.30 bits per heavy atom. The number of benzene rings is 1. The lowest BCUT2D eigenvalue weighted by Crippen LogP contribution is -2.37. The van der Waals surface area contributed by atoms with Gasteiger partial charge in [-0.15, -0.1) is 0 Å². The van der Waals surface area contributed by atoms with Gasteiger partial charge in [-0.3, -0.25) is 4.90 Å². The first-order valence-electron chi connectivity index (χ1n) is 7.46. The molecule has 0 saturated carbocycles. The van der Waals surface area contributed by atoms with Crippen molar-refractivity contribution >= 4 is 23.2 Å². The molecule has 20 heavy (non-hydrogen) atoms. The van der Waals surface area contributed by atoms with Crippen molar-refractivity contribution < 1.29 is 0 Å². The van der Waals surface area contributed by atoms with Crippen molar-refractivity contribution in [2.24, 2.45) is 11.7 Å². The number of hydrogen-bond donors (Lipinski definition) is 1. The van der Waals surface area contributed by atoms with Gasteiger partial charge in [-0.25, -0.2) is 0 Å². The van der Waals surface area contributed by atoms with Gasteiger partial charge < -0.3 is 5.73 Å². The SMILES string of the molecule is CCC(CC)CN(CC)C(CN)c1cccc(Cl)c1Cl. The zero-order valence-corrected chi connectivity index (χ0v) is 14.2. The Balaban J connectivity index is 2.99. The number of halogens is 2. The summed E-state index contributed by atoms with van der Waals surface area (Å²) in [5.41, 5.74) is 7.05. The van der Waals surface area contributed by atoms with Gasteiger partial charge in [0.1, 0.15) is 0 Å². The van der Waals surface area contributed by atoms with E-state index in [0.29, 0.717) is 22.5 Å². The molecule has 2 N–H and O–H groups in total. The van der Waals surface area contributed by atoms with Crippen LogP contribution >= 0.6 is 23.2 Å². The Labute approximate surface area is 133 Å². The molecule has 0 aliphatic carbocycles. The molecule has 2 nitrogen and oxygen atoms in total. The third-order valence-corrected chi connectivity index (χ3v) is 4.89. The minimum atomic E-state index is 0.131. The fourth-order valence-electron chi connectivity index (χ4n) is 2.61. The van der Waals surface area contributed by atoms with Crippen LogP contribution in [0.5, 0.6) is 0 Å². The van der Waals surface area contributed by atoms with Crippen molar-refractivity contribution in [3.63, 3.8) is 0 Å². The highest BCUT2D eigenvalue weighted by molar-refractivity contribution is 6.42. The number of likely N-dealkylation sites (N-methyl/N-ethyl adjacent to an activating group) is 1. The molecule has 0 aromatic heterocycles. The normalized spacial score (nSPS) is 13.2. The van der Waals surface area contributed by atoms with Crippen molar-refractivity contribution in [2.75, 3.05) is 19.6 Å². The average molecular weight is 317 g/mol. The van der Waals surface area contributed by atoms with Crippen LogP contribution in [-0.4, -0.2) is 24.5 Å². The molecule has 1 aromatic carbocycles. The van der Waals surface area contributed by atoms with Gasteiger partial charge in [-0.2, -0.15) is 0 Å². The van der Waals surface area contributed by atoms with Gasteiger partial charge in [0.25, 0.3) is 0 Å². The summed E-state index contributed by atoms with van der Waals surface area (Å²) in [5.74, 6) is 0.696. The quantitative estimate of drug-likeness (QED) is 0.749. The molecule has 0 heterocycles. The minimum absolute atomic E-state index is 0.131. The first-order chi connectivity index (χ1) is 9.58. The monoisotopic (exact) mass is 316 g/mol. The summed E-state index contributed by atoms with van der Waals surface area (Å²) in [7, 11) is 0. The summed E-state index contributed by atoms with van der Waals surface area (Å²) in [6, 6.07) is 5.92. The van der Waals surface area contributed by atoms with E-state index < -0.39 is 0 Å². The largest absolute Gasteiger partial charge is 0.329 e. The molecule has 114 valence electrons. The predicted octanol–water partition coefficient (Wildman–Crippen LogP) is 4.75. The van der Waals surface area contributed by atoms with Gasteiger partial charge in [-0.1, -0.05) is 68.9 Å². The van der Waals surface area contributed by atoms with E-state index in [1.165, 1.54) is 12.8 Å². The van der Waals surface area contributed by atoms with Gasteiger partial charge >= 0.3 is 0 Å². The predicted molar refractivity (Wildman–Crippen MR) is 89.6 cm³/mol. The average Bonchev–Trinajstić information content (AvgIpc) is 2.47. The van der Waals surface area contributed by atoms with Crippen LogP contribution in [0.2, 0.25) is 10.0 Å².